The Morgan fingerprint density at radius 1 is 1.56 bits per heavy atom. The second-order valence-electron chi connectivity index (χ2n) is 3.71. The van der Waals surface area contributed by atoms with Gasteiger partial charge in [-0.15, -0.1) is 0 Å². The Bertz CT molecular complexity index is 330. The Labute approximate surface area is 99.3 Å². The Morgan fingerprint density at radius 3 is 2.88 bits per heavy atom. The van der Waals surface area contributed by atoms with Crippen molar-refractivity contribution in [3.05, 3.63) is 0 Å². The van der Waals surface area contributed by atoms with Gasteiger partial charge in [-0.3, -0.25) is 0 Å². The van der Waals surface area contributed by atoms with Gasteiger partial charge in [-0.25, -0.2) is 0 Å². The molecule has 0 aromatic carbocycles. The quantitative estimate of drug-likeness (QED) is 0.481. The Morgan fingerprint density at radius 2 is 2.31 bits per heavy atom. The van der Waals surface area contributed by atoms with Crippen LogP contribution in [0.25, 0.3) is 0 Å². The van der Waals surface area contributed by atoms with E-state index < -0.39 is 24.3 Å². The molecule has 0 bridgehead atoms. The minimum Gasteiger partial charge on any atom is -0.394 e. The van der Waals surface area contributed by atoms with Crippen LogP contribution in [0.4, 0.5) is 0 Å². The van der Waals surface area contributed by atoms with E-state index in [-0.39, 0.29) is 12.6 Å². The zero-order valence-electron chi connectivity index (χ0n) is 8.97. The molecule has 2 fully saturated rings. The topological polar surface area (TPSA) is 57.2 Å². The molecular formula is C9H12BClO5. The molecule has 2 rings (SSSR count). The molecule has 16 heavy (non-hydrogen) atoms. The highest BCUT2D eigenvalue weighted by atomic mass is 35.5. The molecule has 5 nitrogen and oxygen atoms in total. The van der Waals surface area contributed by atoms with E-state index in [0.717, 1.165) is 0 Å². The molecule has 5 atom stereocenters. The van der Waals surface area contributed by atoms with Gasteiger partial charge in [0.2, 0.25) is 0 Å². The summed E-state index contributed by atoms with van der Waals surface area (Å²) in [6, 6.07) is -0.346. The maximum absolute atomic E-state index is 9.19. The van der Waals surface area contributed by atoms with Crippen molar-refractivity contribution in [3.8, 4) is 11.3 Å². The van der Waals surface area contributed by atoms with Gasteiger partial charge >= 0.3 is 0 Å². The van der Waals surface area contributed by atoms with Crippen LogP contribution in [0.2, 0.25) is 0 Å². The molecule has 0 amide bonds. The standard InChI is InChI=1S/C9H12BClO5/c1-13-8-15-6-5(4-12)14-7(10)9(6,16-8)2-3-11/h5-8,12H,4,10H2,1H3/t5-,6?,7-,8?,9-/m1/s1. The zero-order chi connectivity index (χ0) is 11.8. The molecule has 2 aliphatic rings. The average molecular weight is 246 g/mol. The first kappa shape index (κ1) is 12.2. The van der Waals surface area contributed by atoms with Crippen LogP contribution in [0.5, 0.6) is 0 Å². The maximum atomic E-state index is 9.19. The molecule has 2 heterocycles. The summed E-state index contributed by atoms with van der Waals surface area (Å²) >= 11 is 5.43. The van der Waals surface area contributed by atoms with Crippen molar-refractivity contribution in [2.45, 2.75) is 30.3 Å². The zero-order valence-corrected chi connectivity index (χ0v) is 9.73. The van der Waals surface area contributed by atoms with E-state index in [0.29, 0.717) is 0 Å². The van der Waals surface area contributed by atoms with E-state index in [1.54, 1.807) is 7.85 Å². The molecule has 1 N–H and O–H groups in total. The van der Waals surface area contributed by atoms with Gasteiger partial charge in [0, 0.05) is 12.5 Å². The first-order chi connectivity index (χ1) is 7.67. The van der Waals surface area contributed by atoms with Crippen LogP contribution in [-0.2, 0) is 18.9 Å². The number of rotatable bonds is 2. The summed E-state index contributed by atoms with van der Waals surface area (Å²) in [5.41, 5.74) is -0.962. The van der Waals surface area contributed by atoms with E-state index >= 15 is 0 Å². The van der Waals surface area contributed by atoms with Crippen molar-refractivity contribution in [1.82, 2.24) is 0 Å². The van der Waals surface area contributed by atoms with Gasteiger partial charge in [-0.1, -0.05) is 0 Å². The third-order valence-corrected chi connectivity index (χ3v) is 3.00. The van der Waals surface area contributed by atoms with Gasteiger partial charge < -0.3 is 24.1 Å². The molecule has 2 unspecified atom stereocenters. The summed E-state index contributed by atoms with van der Waals surface area (Å²) in [4.78, 5) is 0. The van der Waals surface area contributed by atoms with Crippen LogP contribution in [0, 0.1) is 11.3 Å². The first-order valence-electron chi connectivity index (χ1n) is 4.93. The van der Waals surface area contributed by atoms with Crippen LogP contribution < -0.4 is 0 Å². The van der Waals surface area contributed by atoms with E-state index in [1.807, 2.05) is 0 Å². The largest absolute Gasteiger partial charge is 0.394 e. The van der Waals surface area contributed by atoms with Crippen molar-refractivity contribution in [3.63, 3.8) is 0 Å². The minimum absolute atomic E-state index is 0.166. The fourth-order valence-electron chi connectivity index (χ4n) is 2.12. The second-order valence-corrected chi connectivity index (χ2v) is 3.90. The van der Waals surface area contributed by atoms with Crippen molar-refractivity contribution in [2.75, 3.05) is 13.7 Å². The van der Waals surface area contributed by atoms with E-state index in [1.165, 1.54) is 7.11 Å². The molecule has 0 aliphatic carbocycles. The number of ether oxygens (including phenoxy) is 4. The lowest BCUT2D eigenvalue weighted by atomic mass is 9.81. The highest BCUT2D eigenvalue weighted by Gasteiger charge is 2.62. The van der Waals surface area contributed by atoms with Crippen LogP contribution in [-0.4, -0.2) is 57.0 Å². The number of fused-ring (bicyclic) bond motifs is 1. The molecule has 7 heteroatoms. The summed E-state index contributed by atoms with van der Waals surface area (Å²) < 4.78 is 21.5. The SMILES string of the molecule is B[C@@H]1O[C@H](CO)C2OC(OC)O[C@]21C#CCl. The van der Waals surface area contributed by atoms with Crippen molar-refractivity contribution < 1.29 is 24.1 Å². The summed E-state index contributed by atoms with van der Waals surface area (Å²) in [7, 11) is 3.26. The van der Waals surface area contributed by atoms with E-state index in [9.17, 15) is 5.11 Å². The van der Waals surface area contributed by atoms with Gasteiger partial charge in [0.1, 0.15) is 20.1 Å². The van der Waals surface area contributed by atoms with Gasteiger partial charge in [0.05, 0.1) is 12.6 Å². The van der Waals surface area contributed by atoms with Crippen molar-refractivity contribution in [2.24, 2.45) is 0 Å². The molecule has 2 saturated heterocycles. The summed E-state index contributed by atoms with van der Waals surface area (Å²) in [5.74, 6) is 2.75. The van der Waals surface area contributed by atoms with Gasteiger partial charge in [-0.2, -0.15) is 0 Å². The predicted molar refractivity (Wildman–Crippen MR) is 57.4 cm³/mol. The molecule has 88 valence electrons. The molecular weight excluding hydrogens is 234 g/mol. The lowest BCUT2D eigenvalue weighted by Crippen LogP contribution is -2.45. The third kappa shape index (κ3) is 1.64. The fourth-order valence-corrected chi connectivity index (χ4v) is 2.27. The van der Waals surface area contributed by atoms with Crippen molar-refractivity contribution >= 4 is 19.4 Å². The van der Waals surface area contributed by atoms with Crippen molar-refractivity contribution in [1.29, 1.82) is 0 Å². The number of halogens is 1. The van der Waals surface area contributed by atoms with Crippen LogP contribution >= 0.6 is 11.6 Å². The molecule has 0 saturated carbocycles. The fraction of sp³-hybridized carbons (Fsp3) is 0.778. The first-order valence-corrected chi connectivity index (χ1v) is 5.31. The van der Waals surface area contributed by atoms with Gasteiger partial charge in [0.25, 0.3) is 6.48 Å². The number of hydrogen-bond acceptors (Lipinski definition) is 5. The molecule has 0 aromatic rings. The number of aliphatic hydroxyl groups excluding tert-OH is 1. The lowest BCUT2D eigenvalue weighted by Gasteiger charge is -2.23. The minimum atomic E-state index is -0.962. The summed E-state index contributed by atoms with van der Waals surface area (Å²) in [6.07, 6.45) is -0.976. The number of aliphatic hydroxyl groups is 1. The highest BCUT2D eigenvalue weighted by molar-refractivity contribution is 6.30. The molecule has 0 spiro atoms. The normalized spacial score (nSPS) is 46.2. The van der Waals surface area contributed by atoms with Gasteiger partial charge in [0.15, 0.2) is 5.60 Å². The Balaban J connectivity index is 2.30. The highest BCUT2D eigenvalue weighted by Crippen LogP contribution is 2.41. The summed E-state index contributed by atoms with van der Waals surface area (Å²) in [6.45, 7) is -0.969. The van der Waals surface area contributed by atoms with Gasteiger partial charge in [-0.05, 0) is 17.5 Å². The third-order valence-electron chi connectivity index (χ3n) is 2.91. The van der Waals surface area contributed by atoms with Crippen LogP contribution in [0.3, 0.4) is 0 Å². The smallest absolute Gasteiger partial charge is 0.273 e. The van der Waals surface area contributed by atoms with Crippen LogP contribution in [0.1, 0.15) is 0 Å². The van der Waals surface area contributed by atoms with E-state index in [4.69, 9.17) is 30.5 Å². The summed E-state index contributed by atoms with van der Waals surface area (Å²) in [5, 5.41) is 11.5. The molecule has 0 aromatic heterocycles. The van der Waals surface area contributed by atoms with Crippen LogP contribution in [0.15, 0.2) is 0 Å². The average Bonchev–Trinajstić information content (AvgIpc) is 2.76. The molecule has 0 radical (unpaired) electrons. The molecule has 2 aliphatic heterocycles. The number of hydrogen-bond donors (Lipinski definition) is 1. The monoisotopic (exact) mass is 246 g/mol. The van der Waals surface area contributed by atoms with E-state index in [2.05, 4.69) is 11.3 Å². The second kappa shape index (κ2) is 4.53. The predicted octanol–water partition coefficient (Wildman–Crippen LogP) is -1.38. The maximum Gasteiger partial charge on any atom is 0.273 e. The lowest BCUT2D eigenvalue weighted by molar-refractivity contribution is -0.253. The Kier molecular flexibility index (Phi) is 3.45. The number of methoxy groups -OCH3 is 1. The Hall–Kier alpha value is -0.285.